The summed E-state index contributed by atoms with van der Waals surface area (Å²) in [7, 11) is 0. The lowest BCUT2D eigenvalue weighted by atomic mass is 9.95. The number of nitro groups is 1. The Labute approximate surface area is 137 Å². The van der Waals surface area contributed by atoms with Gasteiger partial charge in [0.25, 0.3) is 5.69 Å². The summed E-state index contributed by atoms with van der Waals surface area (Å²) >= 11 is 3.30. The van der Waals surface area contributed by atoms with Crippen LogP contribution in [0, 0.1) is 21.4 Å². The Bertz CT molecular complexity index is 736. The Hall–Kier alpha value is -2.45. The average molecular weight is 357 g/mol. The van der Waals surface area contributed by atoms with E-state index < -0.39 is 10.8 Å². The van der Waals surface area contributed by atoms with Crippen molar-refractivity contribution in [1.29, 1.82) is 5.26 Å². The van der Waals surface area contributed by atoms with E-state index >= 15 is 0 Å². The number of hydrogen-bond donors (Lipinski definition) is 0. The summed E-state index contributed by atoms with van der Waals surface area (Å²) in [4.78, 5) is 10.7. The number of benzene rings is 2. The molecule has 0 aliphatic carbocycles. The van der Waals surface area contributed by atoms with E-state index in [2.05, 4.69) is 22.0 Å². The minimum atomic E-state index is -0.558. The van der Waals surface area contributed by atoms with Crippen molar-refractivity contribution >= 4 is 27.7 Å². The van der Waals surface area contributed by atoms with Crippen LogP contribution < -0.4 is 0 Å². The van der Waals surface area contributed by atoms with Crippen molar-refractivity contribution in [2.24, 2.45) is 0 Å². The molecule has 0 fully saturated rings. The Balaban J connectivity index is 2.22. The highest BCUT2D eigenvalue weighted by Crippen LogP contribution is 2.31. The topological polar surface area (TPSA) is 66.9 Å². The number of halogens is 1. The zero-order chi connectivity index (χ0) is 15.9. The molecule has 0 saturated heterocycles. The van der Waals surface area contributed by atoms with Crippen LogP contribution >= 0.6 is 15.9 Å². The molecule has 2 aromatic carbocycles. The van der Waals surface area contributed by atoms with Crippen LogP contribution in [0.2, 0.25) is 0 Å². The molecule has 0 aliphatic rings. The summed E-state index contributed by atoms with van der Waals surface area (Å²) in [6.45, 7) is 0. The summed E-state index contributed by atoms with van der Waals surface area (Å²) in [5, 5.41) is 20.5. The van der Waals surface area contributed by atoms with Gasteiger partial charge in [0.1, 0.15) is 0 Å². The van der Waals surface area contributed by atoms with E-state index in [1.54, 1.807) is 12.1 Å². The lowest BCUT2D eigenvalue weighted by Crippen LogP contribution is -2.00. The van der Waals surface area contributed by atoms with Gasteiger partial charge in [0.05, 0.1) is 16.9 Å². The fourth-order valence-electron chi connectivity index (χ4n) is 2.12. The first kappa shape index (κ1) is 15.9. The maximum Gasteiger partial charge on any atom is 0.274 e. The average Bonchev–Trinajstić information content (AvgIpc) is 2.52. The van der Waals surface area contributed by atoms with Gasteiger partial charge in [-0.2, -0.15) is 5.26 Å². The van der Waals surface area contributed by atoms with Crippen molar-refractivity contribution < 1.29 is 4.92 Å². The Morgan fingerprint density at radius 1 is 1.27 bits per heavy atom. The molecular formula is C17H13BrN2O2. The highest BCUT2D eigenvalue weighted by molar-refractivity contribution is 9.10. The molecule has 0 saturated carbocycles. The van der Waals surface area contributed by atoms with Crippen LogP contribution in [0.25, 0.3) is 6.08 Å². The summed E-state index contributed by atoms with van der Waals surface area (Å²) in [6.07, 6.45) is 4.20. The van der Waals surface area contributed by atoms with Gasteiger partial charge in [-0.05, 0) is 24.1 Å². The summed E-state index contributed by atoms with van der Waals surface area (Å²) < 4.78 is 0.723. The summed E-state index contributed by atoms with van der Waals surface area (Å²) in [5.74, 6) is -0.558. The third-order valence-corrected chi connectivity index (χ3v) is 3.69. The standard InChI is InChI=1S/C17H13BrN2O2/c18-15-9-10-17(20(21)22)16(11-15)14(12-19)8-4-7-13-5-2-1-3-6-13/h1-7,9-11,14H,8H2/b7-4+. The van der Waals surface area contributed by atoms with Crippen LogP contribution in [0.15, 0.2) is 59.1 Å². The molecule has 0 bridgehead atoms. The van der Waals surface area contributed by atoms with Gasteiger partial charge in [-0.25, -0.2) is 0 Å². The van der Waals surface area contributed by atoms with Gasteiger partial charge in [-0.1, -0.05) is 58.4 Å². The number of nitrogens with zero attached hydrogens (tertiary/aromatic N) is 2. The van der Waals surface area contributed by atoms with E-state index in [0.717, 1.165) is 10.0 Å². The van der Waals surface area contributed by atoms with Crippen LogP contribution in [-0.2, 0) is 0 Å². The highest BCUT2D eigenvalue weighted by atomic mass is 79.9. The first-order valence-electron chi connectivity index (χ1n) is 6.67. The second-order valence-corrected chi connectivity index (χ2v) is 5.61. The van der Waals surface area contributed by atoms with Gasteiger partial charge in [0.15, 0.2) is 0 Å². The smallest absolute Gasteiger partial charge is 0.258 e. The van der Waals surface area contributed by atoms with E-state index in [1.165, 1.54) is 6.07 Å². The molecule has 0 N–H and O–H groups in total. The molecule has 22 heavy (non-hydrogen) atoms. The lowest BCUT2D eigenvalue weighted by Gasteiger charge is -2.08. The Morgan fingerprint density at radius 3 is 2.64 bits per heavy atom. The second-order valence-electron chi connectivity index (χ2n) is 4.69. The fourth-order valence-corrected chi connectivity index (χ4v) is 2.50. The third-order valence-electron chi connectivity index (χ3n) is 3.20. The molecule has 2 aromatic rings. The predicted octanol–water partition coefficient (Wildman–Crippen LogP) is 5.07. The molecule has 0 spiro atoms. The minimum absolute atomic E-state index is 0.0251. The molecule has 0 heterocycles. The molecule has 0 aromatic heterocycles. The van der Waals surface area contributed by atoms with Crippen molar-refractivity contribution in [3.8, 4) is 6.07 Å². The van der Waals surface area contributed by atoms with Crippen LogP contribution in [0.5, 0.6) is 0 Å². The van der Waals surface area contributed by atoms with E-state index in [9.17, 15) is 15.4 Å². The van der Waals surface area contributed by atoms with E-state index in [4.69, 9.17) is 0 Å². The minimum Gasteiger partial charge on any atom is -0.258 e. The van der Waals surface area contributed by atoms with Gasteiger partial charge in [0.2, 0.25) is 0 Å². The monoisotopic (exact) mass is 356 g/mol. The maximum atomic E-state index is 11.1. The van der Waals surface area contributed by atoms with Crippen LogP contribution in [0.4, 0.5) is 5.69 Å². The molecular weight excluding hydrogens is 344 g/mol. The molecule has 0 amide bonds. The van der Waals surface area contributed by atoms with Crippen LogP contribution in [-0.4, -0.2) is 4.92 Å². The highest BCUT2D eigenvalue weighted by Gasteiger charge is 2.21. The van der Waals surface area contributed by atoms with Gasteiger partial charge < -0.3 is 0 Å². The lowest BCUT2D eigenvalue weighted by molar-refractivity contribution is -0.385. The van der Waals surface area contributed by atoms with E-state index in [-0.39, 0.29) is 5.69 Å². The molecule has 1 unspecified atom stereocenters. The largest absolute Gasteiger partial charge is 0.274 e. The van der Waals surface area contributed by atoms with Crippen molar-refractivity contribution in [1.82, 2.24) is 0 Å². The zero-order valence-corrected chi connectivity index (χ0v) is 13.2. The number of rotatable bonds is 5. The van der Waals surface area contributed by atoms with Gasteiger partial charge >= 0.3 is 0 Å². The summed E-state index contributed by atoms with van der Waals surface area (Å²) in [6, 6.07) is 16.5. The molecule has 0 radical (unpaired) electrons. The Morgan fingerprint density at radius 2 is 2.00 bits per heavy atom. The molecule has 0 aliphatic heterocycles. The number of hydrogen-bond acceptors (Lipinski definition) is 3. The molecule has 5 heteroatoms. The predicted molar refractivity (Wildman–Crippen MR) is 89.2 cm³/mol. The van der Waals surface area contributed by atoms with Gasteiger partial charge in [0, 0.05) is 16.1 Å². The maximum absolute atomic E-state index is 11.1. The van der Waals surface area contributed by atoms with Crippen LogP contribution in [0.1, 0.15) is 23.5 Å². The zero-order valence-electron chi connectivity index (χ0n) is 11.6. The normalized spacial score (nSPS) is 12.0. The quantitative estimate of drug-likeness (QED) is 0.554. The second kappa shape index (κ2) is 7.53. The van der Waals surface area contributed by atoms with Gasteiger partial charge in [-0.15, -0.1) is 0 Å². The van der Waals surface area contributed by atoms with E-state index in [0.29, 0.717) is 12.0 Å². The molecule has 1 atom stereocenters. The number of nitriles is 1. The van der Waals surface area contributed by atoms with E-state index in [1.807, 2.05) is 42.5 Å². The van der Waals surface area contributed by atoms with Crippen molar-refractivity contribution in [3.63, 3.8) is 0 Å². The van der Waals surface area contributed by atoms with Crippen molar-refractivity contribution in [2.75, 3.05) is 0 Å². The fraction of sp³-hybridized carbons (Fsp3) is 0.118. The third kappa shape index (κ3) is 4.03. The Kier molecular flexibility index (Phi) is 5.45. The van der Waals surface area contributed by atoms with Crippen molar-refractivity contribution in [2.45, 2.75) is 12.3 Å². The molecule has 110 valence electrons. The molecule has 4 nitrogen and oxygen atoms in total. The first-order valence-corrected chi connectivity index (χ1v) is 7.46. The van der Waals surface area contributed by atoms with Gasteiger partial charge in [-0.3, -0.25) is 10.1 Å². The summed E-state index contributed by atoms with van der Waals surface area (Å²) in [5.41, 5.74) is 1.44. The number of nitro benzene ring substituents is 1. The first-order chi connectivity index (χ1) is 10.6. The van der Waals surface area contributed by atoms with Crippen LogP contribution in [0.3, 0.4) is 0 Å². The number of allylic oxidation sites excluding steroid dienone is 1. The SMILES string of the molecule is N#CC(C/C=C/c1ccccc1)c1cc(Br)ccc1[N+](=O)[O-]. The molecule has 2 rings (SSSR count). The van der Waals surface area contributed by atoms with Crippen molar-refractivity contribution in [3.05, 3.63) is 80.3 Å².